The number of hydrogen-bond donors (Lipinski definition) is 2. The van der Waals surface area contributed by atoms with Crippen LogP contribution in [0.15, 0.2) is 36.7 Å². The highest BCUT2D eigenvalue weighted by Gasteiger charge is 2.31. The van der Waals surface area contributed by atoms with Crippen molar-refractivity contribution in [2.24, 2.45) is 7.05 Å². The summed E-state index contributed by atoms with van der Waals surface area (Å²) in [5, 5.41) is 5.69. The molecule has 1 saturated carbocycles. The number of aryl methyl sites for hydroxylation is 1. The molecule has 1 amide bonds. The van der Waals surface area contributed by atoms with Gasteiger partial charge in [-0.25, -0.2) is 9.71 Å². The Morgan fingerprint density at radius 1 is 1.32 bits per heavy atom. The fraction of sp³-hybridized carbons (Fsp3) is 0.381. The zero-order chi connectivity index (χ0) is 22.0. The van der Waals surface area contributed by atoms with Gasteiger partial charge in [-0.15, -0.1) is 0 Å². The van der Waals surface area contributed by atoms with Crippen molar-refractivity contribution < 1.29 is 13.2 Å². The summed E-state index contributed by atoms with van der Waals surface area (Å²) in [7, 11) is -2.03. The summed E-state index contributed by atoms with van der Waals surface area (Å²) in [5.74, 6) is 0.413. The van der Waals surface area contributed by atoms with Gasteiger partial charge in [0, 0.05) is 48.9 Å². The molecule has 164 valence electrons. The van der Waals surface area contributed by atoms with Gasteiger partial charge in [-0.3, -0.25) is 14.0 Å². The minimum atomic E-state index is -3.89. The van der Waals surface area contributed by atoms with Gasteiger partial charge in [-0.2, -0.15) is 18.2 Å². The molecule has 0 unspecified atom stereocenters. The van der Waals surface area contributed by atoms with E-state index in [1.807, 2.05) is 47.7 Å². The molecule has 3 aromatic rings. The predicted molar refractivity (Wildman–Crippen MR) is 119 cm³/mol. The first-order valence-electron chi connectivity index (χ1n) is 10.4. The minimum absolute atomic E-state index is 0.287. The number of pyridine rings is 1. The maximum absolute atomic E-state index is 12.3. The van der Waals surface area contributed by atoms with E-state index in [4.69, 9.17) is 5.10 Å². The lowest BCUT2D eigenvalue weighted by Gasteiger charge is -2.08. The first-order chi connectivity index (χ1) is 14.9. The Labute approximate surface area is 181 Å². The molecular weight excluding hydrogens is 416 g/mol. The molecule has 2 N–H and O–H groups in total. The minimum Gasteiger partial charge on any atom is -0.285 e. The first-order valence-corrected chi connectivity index (χ1v) is 11.9. The molecule has 9 nitrogen and oxygen atoms in total. The van der Waals surface area contributed by atoms with E-state index in [0.717, 1.165) is 47.4 Å². The third-order valence-electron chi connectivity index (χ3n) is 5.18. The first kappa shape index (κ1) is 21.3. The quantitative estimate of drug-likeness (QED) is 0.390. The zero-order valence-electron chi connectivity index (χ0n) is 17.6. The normalized spacial score (nSPS) is 14.5. The Kier molecular flexibility index (Phi) is 5.92. The summed E-state index contributed by atoms with van der Waals surface area (Å²) in [6.07, 6.45) is 10.2. The van der Waals surface area contributed by atoms with E-state index in [1.165, 1.54) is 6.08 Å². The highest BCUT2D eigenvalue weighted by atomic mass is 32.2. The number of amides is 1. The summed E-state index contributed by atoms with van der Waals surface area (Å²) in [5.41, 5.74) is 2.48. The summed E-state index contributed by atoms with van der Waals surface area (Å²) in [4.78, 5) is 16.8. The van der Waals surface area contributed by atoms with Gasteiger partial charge in [0.1, 0.15) is 11.5 Å². The lowest BCUT2D eigenvalue weighted by Crippen LogP contribution is -2.39. The van der Waals surface area contributed by atoms with Gasteiger partial charge in [-0.05, 0) is 43.5 Å². The van der Waals surface area contributed by atoms with Crippen molar-refractivity contribution in [1.29, 1.82) is 0 Å². The van der Waals surface area contributed by atoms with Crippen molar-refractivity contribution in [3.05, 3.63) is 47.9 Å². The fourth-order valence-electron chi connectivity index (χ4n) is 3.54. The molecule has 31 heavy (non-hydrogen) atoms. The molecule has 0 atom stereocenters. The molecule has 0 aromatic carbocycles. The van der Waals surface area contributed by atoms with Crippen LogP contribution in [0.4, 0.5) is 0 Å². The fourth-order valence-corrected chi connectivity index (χ4v) is 4.36. The molecular formula is C21H26N6O3S. The molecule has 0 bridgehead atoms. The molecule has 1 aliphatic rings. The molecule has 1 aliphatic carbocycles. The number of fused-ring (bicyclic) bond motifs is 1. The van der Waals surface area contributed by atoms with Gasteiger partial charge in [0.2, 0.25) is 0 Å². The standard InChI is InChI=1S/C21H26N6O3S/c1-3-4-13-23-31(29,30)25-18(28)10-9-17-19(15-7-8-15)24-26(2)21(17)27-14-11-16-6-5-12-22-20(16)27/h5-6,9-12,14-15,23H,3-4,7-8,13H2,1-2H3,(H,25,28)/b10-9+. The zero-order valence-corrected chi connectivity index (χ0v) is 18.4. The average Bonchev–Trinajstić information content (AvgIpc) is 3.40. The highest BCUT2D eigenvalue weighted by Crippen LogP contribution is 2.42. The van der Waals surface area contributed by atoms with Gasteiger partial charge < -0.3 is 0 Å². The predicted octanol–water partition coefficient (Wildman–Crippen LogP) is 2.40. The van der Waals surface area contributed by atoms with Crippen LogP contribution in [0.5, 0.6) is 0 Å². The van der Waals surface area contributed by atoms with Crippen molar-refractivity contribution in [2.75, 3.05) is 6.54 Å². The van der Waals surface area contributed by atoms with Gasteiger partial charge in [0.15, 0.2) is 0 Å². The van der Waals surface area contributed by atoms with Crippen LogP contribution in [0.3, 0.4) is 0 Å². The Bertz CT molecular complexity index is 1240. The van der Waals surface area contributed by atoms with Crippen LogP contribution in [0.2, 0.25) is 0 Å². The van der Waals surface area contributed by atoms with E-state index in [1.54, 1.807) is 17.0 Å². The number of hydrogen-bond acceptors (Lipinski definition) is 5. The van der Waals surface area contributed by atoms with Crippen LogP contribution in [-0.2, 0) is 22.1 Å². The Hall–Kier alpha value is -2.98. The van der Waals surface area contributed by atoms with E-state index in [9.17, 15) is 13.2 Å². The summed E-state index contributed by atoms with van der Waals surface area (Å²) in [6, 6.07) is 5.84. The van der Waals surface area contributed by atoms with Crippen LogP contribution in [-0.4, -0.2) is 40.2 Å². The van der Waals surface area contributed by atoms with Crippen LogP contribution in [0.1, 0.15) is 49.8 Å². The third kappa shape index (κ3) is 4.70. The maximum atomic E-state index is 12.3. The van der Waals surface area contributed by atoms with Crippen molar-refractivity contribution >= 4 is 33.2 Å². The van der Waals surface area contributed by atoms with E-state index in [0.29, 0.717) is 12.3 Å². The summed E-state index contributed by atoms with van der Waals surface area (Å²) < 4.78 is 32.1. The molecule has 0 saturated heterocycles. The molecule has 10 heteroatoms. The average molecular weight is 443 g/mol. The second kappa shape index (κ2) is 8.64. The number of nitrogens with zero attached hydrogens (tertiary/aromatic N) is 4. The van der Waals surface area contributed by atoms with Crippen LogP contribution >= 0.6 is 0 Å². The largest absolute Gasteiger partial charge is 0.301 e. The number of carbonyl (C=O) groups excluding carboxylic acids is 1. The molecule has 0 spiro atoms. The van der Waals surface area contributed by atoms with Crippen molar-refractivity contribution in [3.8, 4) is 5.82 Å². The van der Waals surface area contributed by atoms with Crippen molar-refractivity contribution in [1.82, 2.24) is 28.8 Å². The van der Waals surface area contributed by atoms with E-state index in [-0.39, 0.29) is 6.54 Å². The number of carbonyl (C=O) groups is 1. The number of aromatic nitrogens is 4. The van der Waals surface area contributed by atoms with Gasteiger partial charge >= 0.3 is 10.2 Å². The Balaban J connectivity index is 1.64. The number of rotatable bonds is 9. The molecule has 4 rings (SSSR count). The van der Waals surface area contributed by atoms with Crippen molar-refractivity contribution in [3.63, 3.8) is 0 Å². The molecule has 3 heterocycles. The monoisotopic (exact) mass is 442 g/mol. The molecule has 0 aliphatic heterocycles. The van der Waals surface area contributed by atoms with Crippen LogP contribution in [0.25, 0.3) is 22.9 Å². The van der Waals surface area contributed by atoms with Crippen LogP contribution in [0, 0.1) is 0 Å². The Morgan fingerprint density at radius 3 is 2.87 bits per heavy atom. The van der Waals surface area contributed by atoms with E-state index < -0.39 is 16.1 Å². The van der Waals surface area contributed by atoms with Gasteiger partial charge in [0.25, 0.3) is 5.91 Å². The SMILES string of the molecule is CCCCNS(=O)(=O)NC(=O)/C=C/c1c(C2CC2)nn(C)c1-n1ccc2cccnc21. The number of nitrogens with one attached hydrogen (secondary N) is 2. The maximum Gasteiger partial charge on any atom is 0.301 e. The highest BCUT2D eigenvalue weighted by molar-refractivity contribution is 7.88. The molecule has 0 radical (unpaired) electrons. The van der Waals surface area contributed by atoms with Crippen LogP contribution < -0.4 is 9.44 Å². The summed E-state index contributed by atoms with van der Waals surface area (Å²) >= 11 is 0. The van der Waals surface area contributed by atoms with E-state index >= 15 is 0 Å². The topological polar surface area (TPSA) is 111 Å². The Morgan fingerprint density at radius 2 is 2.13 bits per heavy atom. The number of unbranched alkanes of at least 4 members (excludes halogenated alkanes) is 1. The lowest BCUT2D eigenvalue weighted by atomic mass is 10.1. The second-order valence-corrected chi connectivity index (χ2v) is 9.17. The third-order valence-corrected chi connectivity index (χ3v) is 6.23. The van der Waals surface area contributed by atoms with E-state index in [2.05, 4.69) is 9.71 Å². The van der Waals surface area contributed by atoms with Gasteiger partial charge in [0.05, 0.1) is 5.69 Å². The second-order valence-electron chi connectivity index (χ2n) is 7.67. The lowest BCUT2D eigenvalue weighted by molar-refractivity contribution is -0.114. The molecule has 1 fully saturated rings. The van der Waals surface area contributed by atoms with Gasteiger partial charge in [-0.1, -0.05) is 13.3 Å². The summed E-state index contributed by atoms with van der Waals surface area (Å²) in [6.45, 7) is 2.25. The van der Waals surface area contributed by atoms with Crippen molar-refractivity contribution in [2.45, 2.75) is 38.5 Å². The molecule has 3 aromatic heterocycles. The smallest absolute Gasteiger partial charge is 0.285 e.